The zero-order valence-electron chi connectivity index (χ0n) is 13.9. The number of nitrogens with one attached hydrogen (secondary N) is 1. The minimum absolute atomic E-state index is 0.0246. The molecule has 0 atom stereocenters. The Morgan fingerprint density at radius 1 is 1.33 bits per heavy atom. The molecule has 0 aliphatic carbocycles. The molecule has 1 heterocycles. The second-order valence-corrected chi connectivity index (χ2v) is 7.12. The maximum absolute atomic E-state index is 12.8. The van der Waals surface area contributed by atoms with Crippen LogP contribution in [-0.2, 0) is 11.0 Å². The predicted molar refractivity (Wildman–Crippen MR) is 88.2 cm³/mol. The van der Waals surface area contributed by atoms with Gasteiger partial charge in [0.15, 0.2) is 0 Å². The van der Waals surface area contributed by atoms with Gasteiger partial charge in [-0.15, -0.1) is 0 Å². The maximum Gasteiger partial charge on any atom is 0.416 e. The number of alkyl halides is 3. The first kappa shape index (κ1) is 19.0. The Hall–Kier alpha value is -1.31. The van der Waals surface area contributed by atoms with E-state index in [9.17, 15) is 18.0 Å². The van der Waals surface area contributed by atoms with Gasteiger partial charge in [0, 0.05) is 25.2 Å². The second-order valence-electron chi connectivity index (χ2n) is 6.71. The third-order valence-electron chi connectivity index (χ3n) is 4.17. The zero-order valence-corrected chi connectivity index (χ0v) is 14.6. The molecule has 0 radical (unpaired) electrons. The molecule has 1 fully saturated rings. The third-order valence-corrected chi connectivity index (χ3v) is 4.50. The summed E-state index contributed by atoms with van der Waals surface area (Å²) in [7, 11) is 2.02. The van der Waals surface area contributed by atoms with Crippen LogP contribution >= 0.6 is 11.6 Å². The number of nitrogens with zero attached hydrogens (tertiary/aromatic N) is 2. The van der Waals surface area contributed by atoms with E-state index in [2.05, 4.69) is 10.2 Å². The third kappa shape index (κ3) is 4.62. The number of anilines is 1. The van der Waals surface area contributed by atoms with Crippen LogP contribution in [0.15, 0.2) is 18.2 Å². The molecule has 0 bridgehead atoms. The van der Waals surface area contributed by atoms with Crippen molar-refractivity contribution in [1.29, 1.82) is 0 Å². The summed E-state index contributed by atoms with van der Waals surface area (Å²) in [6.07, 6.45) is -4.48. The molecule has 1 aliphatic heterocycles. The Morgan fingerprint density at radius 3 is 2.58 bits per heavy atom. The van der Waals surface area contributed by atoms with Gasteiger partial charge in [0.05, 0.1) is 22.8 Å². The fourth-order valence-electron chi connectivity index (χ4n) is 2.89. The Balaban J connectivity index is 2.07. The Kier molecular flexibility index (Phi) is 5.47. The van der Waals surface area contributed by atoms with Gasteiger partial charge in [-0.1, -0.05) is 11.6 Å². The largest absolute Gasteiger partial charge is 0.416 e. The lowest BCUT2D eigenvalue weighted by molar-refractivity contribution is -0.137. The van der Waals surface area contributed by atoms with Crippen molar-refractivity contribution in [1.82, 2.24) is 9.80 Å². The number of likely N-dealkylation sites (N-methyl/N-ethyl adjacent to an activating group) is 1. The summed E-state index contributed by atoms with van der Waals surface area (Å²) in [6, 6.07) is 2.89. The van der Waals surface area contributed by atoms with Crippen LogP contribution in [0.1, 0.15) is 19.4 Å². The normalized spacial score (nSPS) is 19.3. The minimum Gasteiger partial charge on any atom is -0.324 e. The average Bonchev–Trinajstić information content (AvgIpc) is 2.42. The van der Waals surface area contributed by atoms with Crippen LogP contribution in [0.4, 0.5) is 18.9 Å². The molecule has 1 aromatic rings. The van der Waals surface area contributed by atoms with Crippen LogP contribution in [0.3, 0.4) is 0 Å². The van der Waals surface area contributed by atoms with Crippen LogP contribution in [0.25, 0.3) is 0 Å². The highest BCUT2D eigenvalue weighted by Crippen LogP contribution is 2.33. The molecule has 134 valence electrons. The van der Waals surface area contributed by atoms with Crippen molar-refractivity contribution >= 4 is 23.2 Å². The van der Waals surface area contributed by atoms with E-state index in [0.29, 0.717) is 6.54 Å². The molecule has 4 nitrogen and oxygen atoms in total. The summed E-state index contributed by atoms with van der Waals surface area (Å²) >= 11 is 5.91. The number of hydrogen-bond donors (Lipinski definition) is 1. The number of benzene rings is 1. The van der Waals surface area contributed by atoms with Gasteiger partial charge in [-0.3, -0.25) is 9.69 Å². The molecule has 0 saturated carbocycles. The lowest BCUT2D eigenvalue weighted by Crippen LogP contribution is -2.59. The van der Waals surface area contributed by atoms with Crippen molar-refractivity contribution in [2.75, 3.05) is 38.5 Å². The van der Waals surface area contributed by atoms with Crippen molar-refractivity contribution in [3.63, 3.8) is 0 Å². The first-order valence-electron chi connectivity index (χ1n) is 7.59. The van der Waals surface area contributed by atoms with Crippen LogP contribution < -0.4 is 5.32 Å². The quantitative estimate of drug-likeness (QED) is 0.894. The fraction of sp³-hybridized carbons (Fsp3) is 0.562. The van der Waals surface area contributed by atoms with E-state index >= 15 is 0 Å². The molecular weight excluding hydrogens is 343 g/mol. The number of carbonyl (C=O) groups excluding carboxylic acids is 1. The van der Waals surface area contributed by atoms with Gasteiger partial charge >= 0.3 is 6.18 Å². The molecule has 1 saturated heterocycles. The van der Waals surface area contributed by atoms with Crippen molar-refractivity contribution in [2.24, 2.45) is 0 Å². The average molecular weight is 364 g/mol. The van der Waals surface area contributed by atoms with E-state index in [0.717, 1.165) is 31.3 Å². The maximum atomic E-state index is 12.8. The van der Waals surface area contributed by atoms with Crippen molar-refractivity contribution in [2.45, 2.75) is 25.6 Å². The van der Waals surface area contributed by atoms with Crippen LogP contribution in [-0.4, -0.2) is 54.5 Å². The number of amides is 1. The summed E-state index contributed by atoms with van der Waals surface area (Å²) in [5, 5.41) is 2.57. The summed E-state index contributed by atoms with van der Waals surface area (Å²) in [5.74, 6) is -0.381. The highest BCUT2D eigenvalue weighted by atomic mass is 35.5. The van der Waals surface area contributed by atoms with E-state index in [4.69, 9.17) is 11.6 Å². The van der Waals surface area contributed by atoms with Crippen LogP contribution in [0, 0.1) is 0 Å². The molecule has 0 unspecified atom stereocenters. The Morgan fingerprint density at radius 2 is 2.00 bits per heavy atom. The summed E-state index contributed by atoms with van der Waals surface area (Å²) in [6.45, 7) is 6.53. The van der Waals surface area contributed by atoms with Crippen LogP contribution in [0.5, 0.6) is 0 Å². The van der Waals surface area contributed by atoms with E-state index in [1.807, 2.05) is 25.8 Å². The fourth-order valence-corrected chi connectivity index (χ4v) is 3.05. The van der Waals surface area contributed by atoms with Crippen LogP contribution in [0.2, 0.25) is 5.02 Å². The summed E-state index contributed by atoms with van der Waals surface area (Å²) in [4.78, 5) is 16.5. The highest BCUT2D eigenvalue weighted by molar-refractivity contribution is 6.33. The zero-order chi connectivity index (χ0) is 18.1. The van der Waals surface area contributed by atoms with Gasteiger partial charge in [-0.2, -0.15) is 13.2 Å². The SMILES string of the molecule is CN1CCN(CC(=O)Nc2cc(C(F)(F)F)ccc2Cl)C(C)(C)C1. The molecule has 8 heteroatoms. The van der Waals surface area contributed by atoms with E-state index in [-0.39, 0.29) is 28.7 Å². The van der Waals surface area contributed by atoms with E-state index in [1.54, 1.807) is 0 Å². The number of hydrogen-bond acceptors (Lipinski definition) is 3. The molecule has 0 spiro atoms. The first-order valence-corrected chi connectivity index (χ1v) is 7.97. The predicted octanol–water partition coefficient (Wildman–Crippen LogP) is 3.32. The molecule has 1 amide bonds. The van der Waals surface area contributed by atoms with Crippen molar-refractivity contribution in [3.05, 3.63) is 28.8 Å². The van der Waals surface area contributed by atoms with E-state index < -0.39 is 11.7 Å². The van der Waals surface area contributed by atoms with Gasteiger partial charge in [-0.05, 0) is 39.1 Å². The van der Waals surface area contributed by atoms with Crippen molar-refractivity contribution in [3.8, 4) is 0 Å². The van der Waals surface area contributed by atoms with E-state index in [1.165, 1.54) is 0 Å². The minimum atomic E-state index is -4.48. The molecular formula is C16H21ClF3N3O. The highest BCUT2D eigenvalue weighted by Gasteiger charge is 2.34. The molecule has 2 rings (SSSR count). The standard InChI is InChI=1S/C16H21ClF3N3O/c1-15(2)10-22(3)6-7-23(15)9-14(24)21-13-8-11(16(18,19)20)4-5-12(13)17/h4-5,8H,6-7,9-10H2,1-3H3,(H,21,24). The summed E-state index contributed by atoms with van der Waals surface area (Å²) < 4.78 is 38.3. The number of carbonyl (C=O) groups is 1. The van der Waals surface area contributed by atoms with Gasteiger partial charge in [0.1, 0.15) is 0 Å². The Bertz CT molecular complexity index is 619. The van der Waals surface area contributed by atoms with Crippen molar-refractivity contribution < 1.29 is 18.0 Å². The first-order chi connectivity index (χ1) is 11.0. The monoisotopic (exact) mass is 363 g/mol. The molecule has 1 N–H and O–H groups in total. The molecule has 24 heavy (non-hydrogen) atoms. The van der Waals surface area contributed by atoms with Gasteiger partial charge in [-0.25, -0.2) is 0 Å². The topological polar surface area (TPSA) is 35.6 Å². The van der Waals surface area contributed by atoms with Gasteiger partial charge in [0.2, 0.25) is 5.91 Å². The molecule has 1 aromatic carbocycles. The van der Waals surface area contributed by atoms with Gasteiger partial charge < -0.3 is 10.2 Å². The smallest absolute Gasteiger partial charge is 0.324 e. The lowest BCUT2D eigenvalue weighted by atomic mass is 9.99. The molecule has 0 aromatic heterocycles. The number of rotatable bonds is 3. The number of halogens is 4. The lowest BCUT2D eigenvalue weighted by Gasteiger charge is -2.45. The molecule has 1 aliphatic rings. The summed E-state index contributed by atoms with van der Waals surface area (Å²) in [5.41, 5.74) is -1.06. The Labute approximate surface area is 144 Å². The number of piperazine rings is 1. The van der Waals surface area contributed by atoms with Gasteiger partial charge in [0.25, 0.3) is 0 Å². The second kappa shape index (κ2) is 6.90.